The van der Waals surface area contributed by atoms with Crippen LogP contribution in [0.25, 0.3) is 11.4 Å². The van der Waals surface area contributed by atoms with Crippen LogP contribution in [0.1, 0.15) is 30.2 Å². The molecule has 0 spiro atoms. The smallest absolute Gasteiger partial charge is 0.101 e. The molecule has 2 nitrogen and oxygen atoms in total. The molecule has 0 amide bonds. The van der Waals surface area contributed by atoms with Crippen LogP contribution in [0.15, 0.2) is 16.3 Å². The van der Waals surface area contributed by atoms with Crippen LogP contribution >= 0.6 is 22.7 Å². The molecule has 1 aliphatic carbocycles. The SMILES string of the molecule is c1nc(-c2csc(C3CCC3)n2)cs1. The molecule has 4 heteroatoms. The van der Waals surface area contributed by atoms with E-state index in [-0.39, 0.29) is 0 Å². The van der Waals surface area contributed by atoms with E-state index in [2.05, 4.69) is 20.7 Å². The van der Waals surface area contributed by atoms with Crippen molar-refractivity contribution in [2.45, 2.75) is 25.2 Å². The normalized spacial score (nSPS) is 16.9. The number of aromatic nitrogens is 2. The number of hydrogen-bond acceptors (Lipinski definition) is 4. The van der Waals surface area contributed by atoms with Gasteiger partial charge in [0.25, 0.3) is 0 Å². The van der Waals surface area contributed by atoms with Crippen LogP contribution in [0.4, 0.5) is 0 Å². The van der Waals surface area contributed by atoms with Gasteiger partial charge in [0.2, 0.25) is 0 Å². The minimum absolute atomic E-state index is 0.743. The molecule has 1 fully saturated rings. The Labute approximate surface area is 90.7 Å². The van der Waals surface area contributed by atoms with Crippen molar-refractivity contribution in [2.24, 2.45) is 0 Å². The molecule has 3 rings (SSSR count). The third-order valence-electron chi connectivity index (χ3n) is 2.67. The van der Waals surface area contributed by atoms with Crippen LogP contribution in [-0.4, -0.2) is 9.97 Å². The highest BCUT2D eigenvalue weighted by Crippen LogP contribution is 2.38. The fourth-order valence-corrected chi connectivity index (χ4v) is 3.12. The van der Waals surface area contributed by atoms with Gasteiger partial charge in [-0.25, -0.2) is 9.97 Å². The molecule has 1 saturated carbocycles. The topological polar surface area (TPSA) is 25.8 Å². The van der Waals surface area contributed by atoms with Gasteiger partial charge in [0.15, 0.2) is 0 Å². The van der Waals surface area contributed by atoms with E-state index in [1.165, 1.54) is 24.3 Å². The number of nitrogens with zero attached hydrogens (tertiary/aromatic N) is 2. The summed E-state index contributed by atoms with van der Waals surface area (Å²) in [6.07, 6.45) is 4.02. The zero-order valence-electron chi connectivity index (χ0n) is 7.64. The highest BCUT2D eigenvalue weighted by Gasteiger charge is 2.22. The zero-order chi connectivity index (χ0) is 9.38. The number of thiazole rings is 2. The summed E-state index contributed by atoms with van der Waals surface area (Å²) in [4.78, 5) is 8.90. The minimum Gasteiger partial charge on any atom is -0.243 e. The molecular formula is C10H10N2S2. The minimum atomic E-state index is 0.743. The molecule has 14 heavy (non-hydrogen) atoms. The molecule has 0 aromatic carbocycles. The van der Waals surface area contributed by atoms with Gasteiger partial charge < -0.3 is 0 Å². The molecular weight excluding hydrogens is 212 g/mol. The second kappa shape index (κ2) is 3.44. The van der Waals surface area contributed by atoms with E-state index in [0.717, 1.165) is 17.3 Å². The predicted molar refractivity (Wildman–Crippen MR) is 59.8 cm³/mol. The summed E-state index contributed by atoms with van der Waals surface area (Å²) in [5.74, 6) is 0.743. The molecule has 0 radical (unpaired) electrons. The molecule has 1 aliphatic rings. The molecule has 0 bridgehead atoms. The summed E-state index contributed by atoms with van der Waals surface area (Å²) >= 11 is 3.41. The largest absolute Gasteiger partial charge is 0.243 e. The highest BCUT2D eigenvalue weighted by molar-refractivity contribution is 7.10. The summed E-state index contributed by atoms with van der Waals surface area (Å²) in [5, 5.41) is 5.49. The van der Waals surface area contributed by atoms with Crippen molar-refractivity contribution in [1.29, 1.82) is 0 Å². The first kappa shape index (κ1) is 8.56. The Balaban J connectivity index is 1.90. The number of hydrogen-bond donors (Lipinski definition) is 0. The van der Waals surface area contributed by atoms with E-state index in [1.54, 1.807) is 22.7 Å². The van der Waals surface area contributed by atoms with Gasteiger partial charge in [-0.3, -0.25) is 0 Å². The Bertz CT molecular complexity index is 415. The van der Waals surface area contributed by atoms with Gasteiger partial charge in [-0.2, -0.15) is 0 Å². The second-order valence-corrected chi connectivity index (χ2v) is 5.18. The third-order valence-corrected chi connectivity index (χ3v) is 4.26. The summed E-state index contributed by atoms with van der Waals surface area (Å²) < 4.78 is 0. The van der Waals surface area contributed by atoms with Crippen LogP contribution in [-0.2, 0) is 0 Å². The van der Waals surface area contributed by atoms with Gasteiger partial charge in [0.05, 0.1) is 10.5 Å². The van der Waals surface area contributed by atoms with Gasteiger partial charge in [-0.05, 0) is 12.8 Å². The predicted octanol–water partition coefficient (Wildman–Crippen LogP) is 3.53. The van der Waals surface area contributed by atoms with Crippen molar-refractivity contribution >= 4 is 22.7 Å². The van der Waals surface area contributed by atoms with E-state index in [9.17, 15) is 0 Å². The average molecular weight is 222 g/mol. The van der Waals surface area contributed by atoms with Crippen molar-refractivity contribution in [3.8, 4) is 11.4 Å². The standard InChI is InChI=1S/C10H10N2S2/c1-2-7(3-1)10-12-9(5-14-10)8-4-13-6-11-8/h4-7H,1-3H2. The maximum atomic E-state index is 4.64. The van der Waals surface area contributed by atoms with Crippen molar-refractivity contribution in [3.05, 3.63) is 21.3 Å². The molecule has 0 saturated heterocycles. The van der Waals surface area contributed by atoms with E-state index < -0.39 is 0 Å². The van der Waals surface area contributed by atoms with Crippen molar-refractivity contribution in [3.63, 3.8) is 0 Å². The van der Waals surface area contributed by atoms with Gasteiger partial charge >= 0.3 is 0 Å². The fourth-order valence-electron chi connectivity index (χ4n) is 1.59. The van der Waals surface area contributed by atoms with Crippen molar-refractivity contribution in [2.75, 3.05) is 0 Å². The Hall–Kier alpha value is -0.740. The first-order chi connectivity index (χ1) is 6.93. The quantitative estimate of drug-likeness (QED) is 0.776. The molecule has 72 valence electrons. The van der Waals surface area contributed by atoms with Crippen LogP contribution in [0, 0.1) is 0 Å². The molecule has 2 aromatic rings. The maximum Gasteiger partial charge on any atom is 0.101 e. The summed E-state index contributed by atoms with van der Waals surface area (Å²) in [5.41, 5.74) is 3.94. The van der Waals surface area contributed by atoms with Crippen molar-refractivity contribution < 1.29 is 0 Å². The Morgan fingerprint density at radius 2 is 2.14 bits per heavy atom. The lowest BCUT2D eigenvalue weighted by atomic mass is 9.86. The van der Waals surface area contributed by atoms with Gasteiger partial charge in [-0.1, -0.05) is 6.42 Å². The van der Waals surface area contributed by atoms with E-state index in [1.807, 2.05) is 5.51 Å². The summed E-state index contributed by atoms with van der Waals surface area (Å²) in [7, 11) is 0. The monoisotopic (exact) mass is 222 g/mol. The third kappa shape index (κ3) is 1.38. The van der Waals surface area contributed by atoms with Crippen molar-refractivity contribution in [1.82, 2.24) is 9.97 Å². The molecule has 0 N–H and O–H groups in total. The maximum absolute atomic E-state index is 4.64. The summed E-state index contributed by atoms with van der Waals surface area (Å²) in [6, 6.07) is 0. The van der Waals surface area contributed by atoms with Gasteiger partial charge in [-0.15, -0.1) is 22.7 Å². The first-order valence-electron chi connectivity index (χ1n) is 4.77. The van der Waals surface area contributed by atoms with E-state index in [4.69, 9.17) is 0 Å². The van der Waals surface area contributed by atoms with Crippen LogP contribution < -0.4 is 0 Å². The zero-order valence-corrected chi connectivity index (χ0v) is 9.27. The average Bonchev–Trinajstić information content (AvgIpc) is 2.65. The molecule has 2 heterocycles. The Kier molecular flexibility index (Phi) is 2.10. The van der Waals surface area contributed by atoms with Gasteiger partial charge in [0.1, 0.15) is 11.4 Å². The summed E-state index contributed by atoms with van der Waals surface area (Å²) in [6.45, 7) is 0. The van der Waals surface area contributed by atoms with Gasteiger partial charge in [0, 0.05) is 16.7 Å². The fraction of sp³-hybridized carbons (Fsp3) is 0.400. The van der Waals surface area contributed by atoms with E-state index in [0.29, 0.717) is 0 Å². The number of rotatable bonds is 2. The lowest BCUT2D eigenvalue weighted by Crippen LogP contribution is -2.07. The van der Waals surface area contributed by atoms with Crippen LogP contribution in [0.3, 0.4) is 0 Å². The van der Waals surface area contributed by atoms with Crippen LogP contribution in [0.2, 0.25) is 0 Å². The lowest BCUT2D eigenvalue weighted by molar-refractivity contribution is 0.418. The van der Waals surface area contributed by atoms with E-state index >= 15 is 0 Å². The van der Waals surface area contributed by atoms with Crippen LogP contribution in [0.5, 0.6) is 0 Å². The highest BCUT2D eigenvalue weighted by atomic mass is 32.1. The lowest BCUT2D eigenvalue weighted by Gasteiger charge is -2.22. The second-order valence-electron chi connectivity index (χ2n) is 3.57. The Morgan fingerprint density at radius 3 is 2.79 bits per heavy atom. The molecule has 0 unspecified atom stereocenters. The molecule has 0 atom stereocenters. The first-order valence-corrected chi connectivity index (χ1v) is 6.60. The molecule has 2 aromatic heterocycles. The molecule has 0 aliphatic heterocycles. The Morgan fingerprint density at radius 1 is 1.21 bits per heavy atom.